The van der Waals surface area contributed by atoms with Crippen molar-refractivity contribution in [3.8, 4) is 0 Å². The van der Waals surface area contributed by atoms with Crippen molar-refractivity contribution in [2.24, 2.45) is 5.41 Å². The third-order valence-corrected chi connectivity index (χ3v) is 5.06. The van der Waals surface area contributed by atoms with E-state index in [1.54, 1.807) is 26.0 Å². The summed E-state index contributed by atoms with van der Waals surface area (Å²) in [6.45, 7) is 11.2. The van der Waals surface area contributed by atoms with Crippen molar-refractivity contribution in [1.29, 1.82) is 0 Å². The molecule has 1 unspecified atom stereocenters. The highest BCUT2D eigenvalue weighted by Gasteiger charge is 2.32. The Bertz CT molecular complexity index is 758. The molecule has 0 aromatic carbocycles. The Hall–Kier alpha value is -2.24. The molecule has 5 heteroatoms. The molecule has 0 saturated carbocycles. The second-order valence-electron chi connectivity index (χ2n) is 8.97. The average molecular weight is 417 g/mol. The summed E-state index contributed by atoms with van der Waals surface area (Å²) >= 11 is 0. The van der Waals surface area contributed by atoms with Crippen LogP contribution in [-0.4, -0.2) is 40.3 Å². The molecule has 2 N–H and O–H groups in total. The van der Waals surface area contributed by atoms with Crippen LogP contribution in [0.4, 0.5) is 0 Å². The lowest BCUT2D eigenvalue weighted by Gasteiger charge is -2.29. The molecule has 0 spiro atoms. The number of carbonyl (C=O) groups is 2. The van der Waals surface area contributed by atoms with E-state index in [4.69, 9.17) is 4.74 Å². The van der Waals surface area contributed by atoms with Gasteiger partial charge < -0.3 is 14.9 Å². The van der Waals surface area contributed by atoms with E-state index in [2.05, 4.69) is 6.08 Å². The van der Waals surface area contributed by atoms with Gasteiger partial charge in [0, 0.05) is 11.6 Å². The first-order valence-electron chi connectivity index (χ1n) is 10.3. The van der Waals surface area contributed by atoms with E-state index in [0.717, 1.165) is 18.4 Å². The molecule has 30 heavy (non-hydrogen) atoms. The van der Waals surface area contributed by atoms with Crippen molar-refractivity contribution in [2.75, 3.05) is 0 Å². The van der Waals surface area contributed by atoms with Crippen molar-refractivity contribution in [3.63, 3.8) is 0 Å². The molecule has 0 aromatic heterocycles. The van der Waals surface area contributed by atoms with Crippen LogP contribution in [0, 0.1) is 5.41 Å². The number of aliphatic hydroxyl groups is 2. The van der Waals surface area contributed by atoms with Gasteiger partial charge in [0.05, 0.1) is 0 Å². The average Bonchev–Trinajstić information content (AvgIpc) is 2.63. The molecule has 4 atom stereocenters. The predicted molar refractivity (Wildman–Crippen MR) is 120 cm³/mol. The fourth-order valence-corrected chi connectivity index (χ4v) is 3.09. The number of allylic oxidation sites excluding steroid dienone is 5. The van der Waals surface area contributed by atoms with Crippen LogP contribution >= 0.6 is 0 Å². The molecule has 1 rings (SSSR count). The molecular formula is C25H36O5. The maximum Gasteiger partial charge on any atom is 0.331 e. The zero-order valence-electron chi connectivity index (χ0n) is 19.0. The zero-order valence-corrected chi connectivity index (χ0v) is 19.0. The summed E-state index contributed by atoms with van der Waals surface area (Å²) in [7, 11) is 0. The highest BCUT2D eigenvalue weighted by atomic mass is 16.6. The summed E-state index contributed by atoms with van der Waals surface area (Å²) in [5, 5.41) is 21.3. The Balaban J connectivity index is 3.38. The summed E-state index contributed by atoms with van der Waals surface area (Å²) in [6, 6.07) is 0. The molecule has 166 valence electrons. The maximum absolute atomic E-state index is 12.2. The van der Waals surface area contributed by atoms with Crippen molar-refractivity contribution >= 4 is 12.3 Å². The van der Waals surface area contributed by atoms with Gasteiger partial charge in [-0.1, -0.05) is 48.5 Å². The first-order valence-corrected chi connectivity index (χ1v) is 10.3. The van der Waals surface area contributed by atoms with Gasteiger partial charge in [0.15, 0.2) is 6.10 Å². The van der Waals surface area contributed by atoms with Gasteiger partial charge in [0.25, 0.3) is 0 Å². The van der Waals surface area contributed by atoms with Crippen molar-refractivity contribution in [3.05, 3.63) is 59.3 Å². The molecule has 1 aliphatic rings. The number of ether oxygens (including phenoxy) is 1. The molecule has 0 heterocycles. The van der Waals surface area contributed by atoms with Gasteiger partial charge >= 0.3 is 5.97 Å². The Kier molecular flexibility index (Phi) is 9.66. The molecule has 0 aromatic rings. The second kappa shape index (κ2) is 11.2. The number of hydrogen-bond donors (Lipinski definition) is 2. The Labute approximate surface area is 180 Å². The SMILES string of the molecule is CC(C)=CCC[C@]1(C)C=C[C@@H](OC(=O)C=C(C)C)[C@](C)(O)/C=C/C(O)/C(C=O)=C\C1. The number of aliphatic hydroxyl groups excluding tert-OH is 1. The largest absolute Gasteiger partial charge is 0.452 e. The fraction of sp³-hybridized carbons (Fsp3) is 0.520. The van der Waals surface area contributed by atoms with E-state index in [-0.39, 0.29) is 11.0 Å². The third kappa shape index (κ3) is 8.64. The van der Waals surface area contributed by atoms with Crippen LogP contribution in [0.2, 0.25) is 0 Å². The lowest BCUT2D eigenvalue weighted by molar-refractivity contribution is -0.148. The normalized spacial score (nSPS) is 32.1. The number of aldehydes is 1. The van der Waals surface area contributed by atoms with Crippen LogP contribution in [0.5, 0.6) is 0 Å². The van der Waals surface area contributed by atoms with Crippen LogP contribution in [0.1, 0.15) is 60.8 Å². The van der Waals surface area contributed by atoms with Crippen LogP contribution in [-0.2, 0) is 14.3 Å². The Morgan fingerprint density at radius 1 is 1.17 bits per heavy atom. The van der Waals surface area contributed by atoms with Crippen molar-refractivity contribution < 1.29 is 24.5 Å². The minimum atomic E-state index is -1.57. The summed E-state index contributed by atoms with van der Waals surface area (Å²) in [5.41, 5.74) is 0.324. The van der Waals surface area contributed by atoms with Crippen LogP contribution < -0.4 is 0 Å². The predicted octanol–water partition coefficient (Wildman–Crippen LogP) is 4.37. The molecule has 5 nitrogen and oxygen atoms in total. The van der Waals surface area contributed by atoms with E-state index >= 15 is 0 Å². The minimum absolute atomic E-state index is 0.240. The first-order chi connectivity index (χ1) is 13.9. The van der Waals surface area contributed by atoms with Gasteiger partial charge in [-0.2, -0.15) is 0 Å². The standard InChI is InChI=1S/C25H36O5/c1-18(2)8-7-12-24(5)13-9-20(17-26)21(27)10-15-25(6,29)22(11-14-24)30-23(28)16-19(3)4/h8-11,14-17,21-22,27,29H,7,12-13H2,1-6H3/b14-11?,15-10+,20-9-/t21?,22-,24+,25-/m1/s1. The highest BCUT2D eigenvalue weighted by Crippen LogP contribution is 2.33. The molecular weight excluding hydrogens is 380 g/mol. The minimum Gasteiger partial charge on any atom is -0.452 e. The van der Waals surface area contributed by atoms with Gasteiger partial charge in [-0.25, -0.2) is 4.79 Å². The highest BCUT2D eigenvalue weighted by molar-refractivity contribution is 5.83. The van der Waals surface area contributed by atoms with Crippen LogP contribution in [0.25, 0.3) is 0 Å². The number of hydrogen-bond acceptors (Lipinski definition) is 5. The van der Waals surface area contributed by atoms with Gasteiger partial charge in [-0.3, -0.25) is 4.79 Å². The van der Waals surface area contributed by atoms with Crippen LogP contribution in [0.3, 0.4) is 0 Å². The lowest BCUT2D eigenvalue weighted by Crippen LogP contribution is -2.39. The molecule has 0 saturated heterocycles. The Morgan fingerprint density at radius 3 is 2.40 bits per heavy atom. The number of carbonyl (C=O) groups excluding carboxylic acids is 2. The van der Waals surface area contributed by atoms with E-state index in [9.17, 15) is 19.8 Å². The quantitative estimate of drug-likeness (QED) is 0.291. The monoisotopic (exact) mass is 416 g/mol. The number of rotatable bonds is 6. The molecule has 1 aliphatic carbocycles. The van der Waals surface area contributed by atoms with Crippen molar-refractivity contribution in [1.82, 2.24) is 0 Å². The summed E-state index contributed by atoms with van der Waals surface area (Å²) in [4.78, 5) is 23.7. The smallest absolute Gasteiger partial charge is 0.331 e. The molecule has 0 bridgehead atoms. The zero-order chi connectivity index (χ0) is 22.9. The van der Waals surface area contributed by atoms with E-state index in [0.29, 0.717) is 12.7 Å². The lowest BCUT2D eigenvalue weighted by atomic mass is 9.80. The Morgan fingerprint density at radius 2 is 1.83 bits per heavy atom. The summed E-state index contributed by atoms with van der Waals surface area (Å²) in [6.07, 6.45) is 12.3. The summed E-state index contributed by atoms with van der Waals surface area (Å²) in [5.74, 6) is -0.549. The van der Waals surface area contributed by atoms with Gasteiger partial charge in [0.1, 0.15) is 18.0 Å². The molecule has 0 aliphatic heterocycles. The van der Waals surface area contributed by atoms with Crippen LogP contribution in [0.15, 0.2) is 59.3 Å². The van der Waals surface area contributed by atoms with Crippen molar-refractivity contribution in [2.45, 2.75) is 78.6 Å². The third-order valence-electron chi connectivity index (χ3n) is 5.06. The summed E-state index contributed by atoms with van der Waals surface area (Å²) < 4.78 is 5.53. The molecule has 0 amide bonds. The second-order valence-corrected chi connectivity index (χ2v) is 8.97. The molecule has 0 radical (unpaired) electrons. The van der Waals surface area contributed by atoms with Gasteiger partial charge in [0.2, 0.25) is 0 Å². The number of esters is 1. The molecule has 0 fully saturated rings. The van der Waals surface area contributed by atoms with E-state index in [1.165, 1.54) is 30.7 Å². The van der Waals surface area contributed by atoms with E-state index in [1.807, 2.05) is 26.8 Å². The maximum atomic E-state index is 12.2. The fourth-order valence-electron chi connectivity index (χ4n) is 3.09. The topological polar surface area (TPSA) is 83.8 Å². The first kappa shape index (κ1) is 25.8. The van der Waals surface area contributed by atoms with E-state index < -0.39 is 23.8 Å². The van der Waals surface area contributed by atoms with Gasteiger partial charge in [-0.05, 0) is 65.4 Å². The van der Waals surface area contributed by atoms with Gasteiger partial charge in [-0.15, -0.1) is 0 Å².